The van der Waals surface area contributed by atoms with Gasteiger partial charge < -0.3 is 37.2 Å². The number of nitrogens with one attached hydrogen (secondary N) is 7. The Morgan fingerprint density at radius 3 is 2.25 bits per heavy atom. The van der Waals surface area contributed by atoms with Crippen molar-refractivity contribution in [1.29, 1.82) is 0 Å². The van der Waals surface area contributed by atoms with Crippen molar-refractivity contribution in [2.75, 3.05) is 49.2 Å². The largest absolute Gasteiger partial charge is 0.368 e. The van der Waals surface area contributed by atoms with Crippen LogP contribution in [0.5, 0.6) is 0 Å². The van der Waals surface area contributed by atoms with Crippen molar-refractivity contribution in [2.24, 2.45) is 9.98 Å². The molecule has 0 bridgehead atoms. The average Bonchev–Trinajstić information content (AvgIpc) is 3.68. The first kappa shape index (κ1) is 26.5. The summed E-state index contributed by atoms with van der Waals surface area (Å²) in [6.45, 7) is 3.03. The fraction of sp³-hybridized carbons (Fsp3) is 0.250. The standard InChI is InChI=1S/C28H31N9O3/c1-29-26(38)19-14-22(36-27(39)34-20-6-2-4-17(12-20)24-30-8-9-31-24)16-23(15-19)37-28(40)35-21-7-3-5-18(13-21)25-32-10-11-33-25/h2-6,12-16,21H,7-11H2,1H3,(H,29,38)(H,30,31)(H,32,33)(H2,34,36,39)(H2,35,37,40). The fourth-order valence-electron chi connectivity index (χ4n) is 4.54. The van der Waals surface area contributed by atoms with Crippen LogP contribution >= 0.6 is 0 Å². The SMILES string of the molecule is CNC(=O)c1cc(NC(=O)Nc2cccc(C3=NCCN3)c2)cc(NC(=O)NC2C=C(C3=NCCN3)C=CC2)c1. The quantitative estimate of drug-likeness (QED) is 0.286. The van der Waals surface area contributed by atoms with Crippen molar-refractivity contribution >= 4 is 46.7 Å². The molecule has 0 saturated heterocycles. The van der Waals surface area contributed by atoms with Gasteiger partial charge in [0.05, 0.1) is 19.1 Å². The number of amides is 5. The van der Waals surface area contributed by atoms with Crippen molar-refractivity contribution in [1.82, 2.24) is 21.3 Å². The van der Waals surface area contributed by atoms with Crippen molar-refractivity contribution in [3.8, 4) is 0 Å². The molecule has 0 spiro atoms. The van der Waals surface area contributed by atoms with Crippen LogP contribution in [0.2, 0.25) is 0 Å². The Bertz CT molecular complexity index is 1440. The molecule has 0 saturated carbocycles. The lowest BCUT2D eigenvalue weighted by atomic mass is 10.0. The lowest BCUT2D eigenvalue weighted by Gasteiger charge is -2.19. The Balaban J connectivity index is 1.25. The van der Waals surface area contributed by atoms with E-state index in [1.54, 1.807) is 18.2 Å². The number of hydrogen-bond acceptors (Lipinski definition) is 7. The third-order valence-electron chi connectivity index (χ3n) is 6.34. The number of urea groups is 2. The van der Waals surface area contributed by atoms with Crippen molar-refractivity contribution < 1.29 is 14.4 Å². The Hall–Kier alpha value is -5.13. The topological polar surface area (TPSA) is 160 Å². The molecule has 2 aromatic rings. The summed E-state index contributed by atoms with van der Waals surface area (Å²) in [6.07, 6.45) is 6.57. The van der Waals surface area contributed by atoms with Crippen LogP contribution in [-0.4, -0.2) is 68.9 Å². The number of anilines is 3. The van der Waals surface area contributed by atoms with Gasteiger partial charge in [0.1, 0.15) is 11.7 Å². The number of amidine groups is 2. The third-order valence-corrected chi connectivity index (χ3v) is 6.34. The minimum absolute atomic E-state index is 0.225. The summed E-state index contributed by atoms with van der Waals surface area (Å²) in [6, 6.07) is 10.8. The van der Waals surface area contributed by atoms with Crippen LogP contribution in [0, 0.1) is 0 Å². The lowest BCUT2D eigenvalue weighted by Crippen LogP contribution is -2.38. The Labute approximate surface area is 231 Å². The van der Waals surface area contributed by atoms with E-state index >= 15 is 0 Å². The highest BCUT2D eigenvalue weighted by atomic mass is 16.2. The van der Waals surface area contributed by atoms with Gasteiger partial charge in [0.2, 0.25) is 0 Å². The molecule has 12 heteroatoms. The van der Waals surface area contributed by atoms with Crippen molar-refractivity contribution in [3.05, 3.63) is 77.4 Å². The van der Waals surface area contributed by atoms with Gasteiger partial charge in [-0.25, -0.2) is 9.59 Å². The monoisotopic (exact) mass is 541 g/mol. The van der Waals surface area contributed by atoms with Gasteiger partial charge >= 0.3 is 12.1 Å². The van der Waals surface area contributed by atoms with Crippen LogP contribution < -0.4 is 37.2 Å². The molecule has 0 fully saturated rings. The Kier molecular flexibility index (Phi) is 8.05. The van der Waals surface area contributed by atoms with Crippen LogP contribution in [0.4, 0.5) is 26.7 Å². The normalized spacial score (nSPS) is 17.4. The number of hydrogen-bond donors (Lipinski definition) is 7. The second kappa shape index (κ2) is 12.2. The maximum atomic E-state index is 12.8. The van der Waals surface area contributed by atoms with Crippen molar-refractivity contribution in [2.45, 2.75) is 12.5 Å². The van der Waals surface area contributed by atoms with Gasteiger partial charge in [0, 0.05) is 53.9 Å². The highest BCUT2D eigenvalue weighted by Gasteiger charge is 2.18. The summed E-state index contributed by atoms with van der Waals surface area (Å²) >= 11 is 0. The Morgan fingerprint density at radius 2 is 1.55 bits per heavy atom. The number of carbonyl (C=O) groups is 3. The number of rotatable bonds is 7. The molecule has 12 nitrogen and oxygen atoms in total. The smallest absolute Gasteiger partial charge is 0.323 e. The second-order valence-electron chi connectivity index (χ2n) is 9.32. The summed E-state index contributed by atoms with van der Waals surface area (Å²) < 4.78 is 0. The highest BCUT2D eigenvalue weighted by molar-refractivity contribution is 6.05. The van der Waals surface area contributed by atoms with Crippen LogP contribution in [0.15, 0.2) is 76.3 Å². The van der Waals surface area contributed by atoms with Crippen LogP contribution in [0.25, 0.3) is 0 Å². The third kappa shape index (κ3) is 6.65. The molecule has 1 aliphatic carbocycles. The number of nitrogens with zero attached hydrogens (tertiary/aromatic N) is 2. The highest BCUT2D eigenvalue weighted by Crippen LogP contribution is 2.21. The van der Waals surface area contributed by atoms with Gasteiger partial charge in [-0.2, -0.15) is 0 Å². The van der Waals surface area contributed by atoms with Gasteiger partial charge in [0.25, 0.3) is 5.91 Å². The molecule has 0 aromatic heterocycles. The summed E-state index contributed by atoms with van der Waals surface area (Å²) in [5, 5.41) is 20.3. The average molecular weight is 542 g/mol. The predicted molar refractivity (Wildman–Crippen MR) is 156 cm³/mol. The molecular weight excluding hydrogens is 510 g/mol. The molecule has 2 heterocycles. The van der Waals surface area contributed by atoms with E-state index in [0.717, 1.165) is 42.4 Å². The molecule has 1 atom stereocenters. The molecule has 206 valence electrons. The first-order valence-electron chi connectivity index (χ1n) is 13.1. The zero-order valence-electron chi connectivity index (χ0n) is 22.0. The number of benzene rings is 2. The van der Waals surface area contributed by atoms with E-state index in [9.17, 15) is 14.4 Å². The fourth-order valence-corrected chi connectivity index (χ4v) is 4.54. The zero-order chi connectivity index (χ0) is 27.9. The second-order valence-corrected chi connectivity index (χ2v) is 9.32. The summed E-state index contributed by atoms with van der Waals surface area (Å²) in [7, 11) is 1.51. The van der Waals surface area contributed by atoms with Crippen molar-refractivity contribution in [3.63, 3.8) is 0 Å². The van der Waals surface area contributed by atoms with E-state index in [-0.39, 0.29) is 17.5 Å². The molecule has 40 heavy (non-hydrogen) atoms. The molecule has 2 aliphatic heterocycles. The van der Waals surface area contributed by atoms with Crippen LogP contribution in [0.3, 0.4) is 0 Å². The first-order chi connectivity index (χ1) is 19.5. The van der Waals surface area contributed by atoms with E-state index in [4.69, 9.17) is 0 Å². The van der Waals surface area contributed by atoms with Gasteiger partial charge in [-0.3, -0.25) is 14.8 Å². The van der Waals surface area contributed by atoms with Gasteiger partial charge in [0.15, 0.2) is 0 Å². The molecule has 7 N–H and O–H groups in total. The molecule has 1 unspecified atom stereocenters. The number of carbonyl (C=O) groups excluding carboxylic acids is 3. The summed E-state index contributed by atoms with van der Waals surface area (Å²) in [5.74, 6) is 1.25. The lowest BCUT2D eigenvalue weighted by molar-refractivity contribution is 0.0963. The van der Waals surface area contributed by atoms with E-state index in [1.807, 2.05) is 36.4 Å². The number of aliphatic imine (C=N–C) groups is 2. The minimum Gasteiger partial charge on any atom is -0.368 e. The van der Waals surface area contributed by atoms with E-state index in [2.05, 4.69) is 47.2 Å². The summed E-state index contributed by atoms with van der Waals surface area (Å²) in [5.41, 5.74) is 3.34. The minimum atomic E-state index is -0.502. The zero-order valence-corrected chi connectivity index (χ0v) is 22.0. The molecular formula is C28H31N9O3. The maximum Gasteiger partial charge on any atom is 0.323 e. The first-order valence-corrected chi connectivity index (χ1v) is 13.1. The van der Waals surface area contributed by atoms with Gasteiger partial charge in [-0.15, -0.1) is 0 Å². The molecule has 0 radical (unpaired) electrons. The van der Waals surface area contributed by atoms with E-state index in [0.29, 0.717) is 30.0 Å². The van der Waals surface area contributed by atoms with Crippen LogP contribution in [0.1, 0.15) is 22.3 Å². The van der Waals surface area contributed by atoms with E-state index < -0.39 is 12.1 Å². The molecule has 2 aromatic carbocycles. The maximum absolute atomic E-state index is 12.8. The molecule has 5 rings (SSSR count). The molecule has 3 aliphatic rings. The van der Waals surface area contributed by atoms with E-state index in [1.165, 1.54) is 13.1 Å². The van der Waals surface area contributed by atoms with Gasteiger partial charge in [-0.05, 0) is 36.8 Å². The predicted octanol–water partition coefficient (Wildman–Crippen LogP) is 2.42. The Morgan fingerprint density at radius 1 is 0.850 bits per heavy atom. The molecule has 5 amide bonds. The van der Waals surface area contributed by atoms with Crippen LogP contribution in [-0.2, 0) is 0 Å². The summed E-state index contributed by atoms with van der Waals surface area (Å²) in [4.78, 5) is 46.9. The van der Waals surface area contributed by atoms with Gasteiger partial charge in [-0.1, -0.05) is 30.4 Å².